The Morgan fingerprint density at radius 2 is 1.95 bits per heavy atom. The molecule has 19 heavy (non-hydrogen) atoms. The molecule has 1 aromatic carbocycles. The van der Waals surface area contributed by atoms with Crippen LogP contribution in [0.25, 0.3) is 17.2 Å². The first-order valence-electron chi connectivity index (χ1n) is 5.81. The smallest absolute Gasteiger partial charge is 0.255 e. The molecule has 0 saturated carbocycles. The molecule has 2 N–H and O–H groups in total. The summed E-state index contributed by atoms with van der Waals surface area (Å²) in [7, 11) is 0. The van der Waals surface area contributed by atoms with Crippen molar-refractivity contribution in [1.29, 1.82) is 0 Å². The zero-order valence-corrected chi connectivity index (χ0v) is 10.6. The summed E-state index contributed by atoms with van der Waals surface area (Å²) < 4.78 is 15.0. The van der Waals surface area contributed by atoms with Gasteiger partial charge in [-0.3, -0.25) is 4.40 Å². The normalized spacial score (nSPS) is 11.1. The SMILES string of the molecule is Cc1cc(C)n2c(-c3ccc(F)c(N)c3)nnc2n1. The van der Waals surface area contributed by atoms with Crippen LogP contribution >= 0.6 is 0 Å². The number of nitrogen functional groups attached to an aromatic ring is 1. The third kappa shape index (κ3) is 1.81. The van der Waals surface area contributed by atoms with Crippen LogP contribution in [-0.2, 0) is 0 Å². The van der Waals surface area contributed by atoms with E-state index in [2.05, 4.69) is 15.2 Å². The van der Waals surface area contributed by atoms with Crippen LogP contribution in [-0.4, -0.2) is 19.6 Å². The number of hydrogen-bond acceptors (Lipinski definition) is 4. The molecule has 0 radical (unpaired) electrons. The molecule has 0 amide bonds. The molecule has 0 unspecified atom stereocenters. The number of rotatable bonds is 1. The number of halogens is 1. The van der Waals surface area contributed by atoms with Crippen molar-refractivity contribution in [2.75, 3.05) is 5.73 Å². The van der Waals surface area contributed by atoms with Crippen molar-refractivity contribution in [3.63, 3.8) is 0 Å². The summed E-state index contributed by atoms with van der Waals surface area (Å²) >= 11 is 0. The number of nitrogens with zero attached hydrogens (tertiary/aromatic N) is 4. The first-order chi connectivity index (χ1) is 9.06. The standard InChI is InChI=1S/C13H12FN5/c1-7-5-8(2)19-12(17-18-13(19)16-7)9-3-4-10(14)11(15)6-9/h3-6H,15H2,1-2H3. The molecular formula is C13H12FN5. The van der Waals surface area contributed by atoms with E-state index in [-0.39, 0.29) is 5.69 Å². The largest absolute Gasteiger partial charge is 0.396 e. The Bertz CT molecular complexity index is 778. The summed E-state index contributed by atoms with van der Waals surface area (Å²) in [6.07, 6.45) is 0. The number of aryl methyl sites for hydroxylation is 2. The maximum atomic E-state index is 13.2. The van der Waals surface area contributed by atoms with E-state index in [9.17, 15) is 4.39 Å². The van der Waals surface area contributed by atoms with Crippen molar-refractivity contribution in [2.24, 2.45) is 0 Å². The second-order valence-corrected chi connectivity index (χ2v) is 4.43. The van der Waals surface area contributed by atoms with Crippen LogP contribution in [0.15, 0.2) is 24.3 Å². The molecule has 3 rings (SSSR count). The van der Waals surface area contributed by atoms with E-state index in [0.29, 0.717) is 17.2 Å². The van der Waals surface area contributed by atoms with Crippen molar-refractivity contribution in [1.82, 2.24) is 19.6 Å². The minimum absolute atomic E-state index is 0.0898. The molecule has 96 valence electrons. The van der Waals surface area contributed by atoms with Crippen LogP contribution in [0.5, 0.6) is 0 Å². The number of fused-ring (bicyclic) bond motifs is 1. The van der Waals surface area contributed by atoms with Crippen molar-refractivity contribution >= 4 is 11.5 Å². The fourth-order valence-electron chi connectivity index (χ4n) is 2.10. The lowest BCUT2D eigenvalue weighted by atomic mass is 10.2. The highest BCUT2D eigenvalue weighted by atomic mass is 19.1. The van der Waals surface area contributed by atoms with E-state index in [0.717, 1.165) is 11.4 Å². The van der Waals surface area contributed by atoms with E-state index in [1.54, 1.807) is 12.1 Å². The second-order valence-electron chi connectivity index (χ2n) is 4.43. The van der Waals surface area contributed by atoms with Crippen LogP contribution < -0.4 is 5.73 Å². The zero-order valence-electron chi connectivity index (χ0n) is 10.6. The Hall–Kier alpha value is -2.50. The van der Waals surface area contributed by atoms with Gasteiger partial charge in [0, 0.05) is 17.0 Å². The lowest BCUT2D eigenvalue weighted by Gasteiger charge is -2.05. The lowest BCUT2D eigenvalue weighted by molar-refractivity contribution is 0.632. The molecule has 0 aliphatic heterocycles. The molecule has 0 aliphatic rings. The van der Waals surface area contributed by atoms with Gasteiger partial charge in [0.05, 0.1) is 5.69 Å². The van der Waals surface area contributed by atoms with Gasteiger partial charge < -0.3 is 5.73 Å². The number of hydrogen-bond donors (Lipinski definition) is 1. The maximum Gasteiger partial charge on any atom is 0.255 e. The van der Waals surface area contributed by atoms with Gasteiger partial charge in [-0.05, 0) is 38.1 Å². The summed E-state index contributed by atoms with van der Waals surface area (Å²) in [5.41, 5.74) is 8.22. The second kappa shape index (κ2) is 4.01. The predicted molar refractivity (Wildman–Crippen MR) is 70.1 cm³/mol. The highest BCUT2D eigenvalue weighted by Crippen LogP contribution is 2.23. The average molecular weight is 257 g/mol. The highest BCUT2D eigenvalue weighted by molar-refractivity contribution is 5.63. The minimum atomic E-state index is -0.441. The Kier molecular flexibility index (Phi) is 2.45. The summed E-state index contributed by atoms with van der Waals surface area (Å²) in [6.45, 7) is 3.85. The monoisotopic (exact) mass is 257 g/mol. The fourth-order valence-corrected chi connectivity index (χ4v) is 2.10. The topological polar surface area (TPSA) is 69.1 Å². The molecule has 0 fully saturated rings. The summed E-state index contributed by atoms with van der Waals surface area (Å²) in [5, 5.41) is 8.15. The predicted octanol–water partition coefficient (Wildman–Crippen LogP) is 2.13. The third-order valence-electron chi connectivity index (χ3n) is 2.95. The molecule has 0 aliphatic carbocycles. The molecule has 2 aromatic heterocycles. The Balaban J connectivity index is 2.28. The number of benzene rings is 1. The van der Waals surface area contributed by atoms with E-state index in [1.165, 1.54) is 6.07 Å². The highest BCUT2D eigenvalue weighted by Gasteiger charge is 2.12. The quantitative estimate of drug-likeness (QED) is 0.678. The van der Waals surface area contributed by atoms with E-state index in [1.807, 2.05) is 24.3 Å². The van der Waals surface area contributed by atoms with Crippen LogP contribution in [0, 0.1) is 19.7 Å². The third-order valence-corrected chi connectivity index (χ3v) is 2.95. The molecule has 6 heteroatoms. The Labute approximate surface area is 108 Å². The first-order valence-corrected chi connectivity index (χ1v) is 5.81. The molecule has 0 bridgehead atoms. The summed E-state index contributed by atoms with van der Waals surface area (Å²) in [4.78, 5) is 4.31. The average Bonchev–Trinajstić information content (AvgIpc) is 2.76. The van der Waals surface area contributed by atoms with Crippen LogP contribution in [0.3, 0.4) is 0 Å². The lowest BCUT2D eigenvalue weighted by Crippen LogP contribution is -1.99. The van der Waals surface area contributed by atoms with E-state index >= 15 is 0 Å². The number of nitrogens with two attached hydrogens (primary N) is 1. The molecular weight excluding hydrogens is 245 g/mol. The van der Waals surface area contributed by atoms with Crippen molar-refractivity contribution in [3.05, 3.63) is 41.5 Å². The maximum absolute atomic E-state index is 13.2. The van der Waals surface area contributed by atoms with Gasteiger partial charge in [-0.2, -0.15) is 0 Å². The van der Waals surface area contributed by atoms with Gasteiger partial charge in [0.2, 0.25) is 0 Å². The summed E-state index contributed by atoms with van der Waals surface area (Å²) in [6, 6.07) is 6.43. The molecule has 2 heterocycles. The number of aromatic nitrogens is 4. The molecule has 0 spiro atoms. The van der Waals surface area contributed by atoms with Crippen LogP contribution in [0.2, 0.25) is 0 Å². The van der Waals surface area contributed by atoms with Crippen LogP contribution in [0.1, 0.15) is 11.4 Å². The minimum Gasteiger partial charge on any atom is -0.396 e. The van der Waals surface area contributed by atoms with E-state index < -0.39 is 5.82 Å². The van der Waals surface area contributed by atoms with E-state index in [4.69, 9.17) is 5.73 Å². The summed E-state index contributed by atoms with van der Waals surface area (Å²) in [5.74, 6) is 0.686. The fraction of sp³-hybridized carbons (Fsp3) is 0.154. The van der Waals surface area contributed by atoms with Gasteiger partial charge in [0.25, 0.3) is 5.78 Å². The molecule has 3 aromatic rings. The van der Waals surface area contributed by atoms with Gasteiger partial charge in [-0.25, -0.2) is 9.37 Å². The molecule has 0 atom stereocenters. The van der Waals surface area contributed by atoms with Crippen molar-refractivity contribution < 1.29 is 4.39 Å². The van der Waals surface area contributed by atoms with Gasteiger partial charge in [-0.15, -0.1) is 10.2 Å². The number of anilines is 1. The first kappa shape index (κ1) is 11.6. The Morgan fingerprint density at radius 1 is 1.16 bits per heavy atom. The van der Waals surface area contributed by atoms with Gasteiger partial charge in [0.1, 0.15) is 5.82 Å². The van der Waals surface area contributed by atoms with Crippen molar-refractivity contribution in [3.8, 4) is 11.4 Å². The van der Waals surface area contributed by atoms with Crippen LogP contribution in [0.4, 0.5) is 10.1 Å². The zero-order chi connectivity index (χ0) is 13.6. The molecule has 5 nitrogen and oxygen atoms in total. The Morgan fingerprint density at radius 3 is 2.68 bits per heavy atom. The van der Waals surface area contributed by atoms with Crippen molar-refractivity contribution in [2.45, 2.75) is 13.8 Å². The van der Waals surface area contributed by atoms with Gasteiger partial charge in [0.15, 0.2) is 5.82 Å². The molecule has 0 saturated heterocycles. The van der Waals surface area contributed by atoms with Gasteiger partial charge in [-0.1, -0.05) is 0 Å². The van der Waals surface area contributed by atoms with Gasteiger partial charge >= 0.3 is 0 Å².